The minimum absolute atomic E-state index is 0.844. The fourth-order valence-electron chi connectivity index (χ4n) is 8.09. The number of furan rings is 2. The van der Waals surface area contributed by atoms with Gasteiger partial charge in [0, 0.05) is 27.2 Å². The normalized spacial score (nSPS) is 11.8. The van der Waals surface area contributed by atoms with Gasteiger partial charge in [-0.15, -0.1) is 0 Å². The topological polar surface area (TPSA) is 29.5 Å². The van der Waals surface area contributed by atoms with Crippen molar-refractivity contribution >= 4 is 82.5 Å². The van der Waals surface area contributed by atoms with Gasteiger partial charge in [-0.05, 0) is 93.0 Å². The van der Waals surface area contributed by atoms with Crippen molar-refractivity contribution in [2.45, 2.75) is 0 Å². The molecule has 0 saturated heterocycles. The zero-order valence-electron chi connectivity index (χ0n) is 28.7. The van der Waals surface area contributed by atoms with E-state index in [1.54, 1.807) is 0 Å². The molecule has 0 fully saturated rings. The quantitative estimate of drug-likeness (QED) is 0.182. The van der Waals surface area contributed by atoms with E-state index >= 15 is 0 Å². The minimum atomic E-state index is 0.844. The summed E-state index contributed by atoms with van der Waals surface area (Å²) in [5, 5.41) is 9.08. The van der Waals surface area contributed by atoms with Crippen LogP contribution >= 0.6 is 0 Å². The Labute approximate surface area is 305 Å². The van der Waals surface area contributed by atoms with E-state index in [0.717, 1.165) is 77.3 Å². The van der Waals surface area contributed by atoms with Gasteiger partial charge in [-0.1, -0.05) is 133 Å². The van der Waals surface area contributed by atoms with E-state index in [9.17, 15) is 0 Å². The Morgan fingerprint density at radius 2 is 0.925 bits per heavy atom. The molecule has 9 aromatic carbocycles. The maximum absolute atomic E-state index is 6.66. The van der Waals surface area contributed by atoms with Crippen molar-refractivity contribution in [3.05, 3.63) is 188 Å². The Morgan fingerprint density at radius 1 is 0.321 bits per heavy atom. The van der Waals surface area contributed by atoms with Gasteiger partial charge in [-0.3, -0.25) is 0 Å². The molecule has 248 valence electrons. The van der Waals surface area contributed by atoms with Crippen molar-refractivity contribution in [3.63, 3.8) is 0 Å². The molecule has 0 atom stereocenters. The summed E-state index contributed by atoms with van der Waals surface area (Å²) in [6, 6.07) is 66.7. The zero-order chi connectivity index (χ0) is 34.9. The first-order chi connectivity index (χ1) is 26.3. The third-order valence-electron chi connectivity index (χ3n) is 10.6. The molecule has 0 saturated carbocycles. The van der Waals surface area contributed by atoms with Gasteiger partial charge in [0.05, 0.1) is 16.8 Å². The molecule has 53 heavy (non-hydrogen) atoms. The number of nitrogens with zero attached hydrogens (tertiary/aromatic N) is 1. The van der Waals surface area contributed by atoms with Crippen molar-refractivity contribution in [2.75, 3.05) is 4.90 Å². The van der Waals surface area contributed by atoms with Crippen LogP contribution < -0.4 is 4.90 Å². The molecular weight excluding hydrogens is 647 g/mol. The number of anilines is 3. The number of benzene rings is 9. The molecule has 2 aromatic heterocycles. The average molecular weight is 678 g/mol. The van der Waals surface area contributed by atoms with Crippen molar-refractivity contribution in [3.8, 4) is 22.3 Å². The van der Waals surface area contributed by atoms with Crippen LogP contribution in [0, 0.1) is 0 Å². The summed E-state index contributed by atoms with van der Waals surface area (Å²) in [6.45, 7) is 0. The van der Waals surface area contributed by atoms with Crippen LogP contribution in [0.2, 0.25) is 0 Å². The molecule has 11 rings (SSSR count). The maximum Gasteiger partial charge on any atom is 0.159 e. The zero-order valence-corrected chi connectivity index (χ0v) is 28.7. The smallest absolute Gasteiger partial charge is 0.159 e. The van der Waals surface area contributed by atoms with Crippen LogP contribution in [0.4, 0.5) is 17.1 Å². The molecule has 11 aromatic rings. The van der Waals surface area contributed by atoms with Gasteiger partial charge in [0.25, 0.3) is 0 Å². The lowest BCUT2D eigenvalue weighted by atomic mass is 9.97. The van der Waals surface area contributed by atoms with Crippen LogP contribution in [-0.4, -0.2) is 0 Å². The molecule has 0 unspecified atom stereocenters. The molecule has 3 heteroatoms. The number of fused-ring (bicyclic) bond motifs is 9. The second-order valence-electron chi connectivity index (χ2n) is 13.7. The first-order valence-corrected chi connectivity index (χ1v) is 18.0. The van der Waals surface area contributed by atoms with Crippen LogP contribution in [0.5, 0.6) is 0 Å². The molecule has 0 radical (unpaired) electrons. The Balaban J connectivity index is 1.09. The molecule has 0 N–H and O–H groups in total. The van der Waals surface area contributed by atoms with Gasteiger partial charge in [0.15, 0.2) is 5.58 Å². The summed E-state index contributed by atoms with van der Waals surface area (Å²) >= 11 is 0. The predicted octanol–water partition coefficient (Wildman–Crippen LogP) is 14.6. The average Bonchev–Trinajstić information content (AvgIpc) is 3.81. The fourth-order valence-corrected chi connectivity index (χ4v) is 8.09. The summed E-state index contributed by atoms with van der Waals surface area (Å²) in [5.74, 6) is 0. The van der Waals surface area contributed by atoms with Crippen LogP contribution in [0.15, 0.2) is 197 Å². The van der Waals surface area contributed by atoms with Gasteiger partial charge in [0.1, 0.15) is 16.7 Å². The highest BCUT2D eigenvalue weighted by atomic mass is 16.3. The molecule has 0 bridgehead atoms. The summed E-state index contributed by atoms with van der Waals surface area (Å²) in [4.78, 5) is 2.33. The molecule has 2 heterocycles. The SMILES string of the molecule is c1cc(-c2ccc(N(c3cccc4c3oc3ccccc34)c3cccc4oc5c6ccccc6ccc5c34)cc2)cc(-c2ccc3ccccc3c2)c1. The van der Waals surface area contributed by atoms with Crippen LogP contribution in [0.3, 0.4) is 0 Å². The van der Waals surface area contributed by atoms with E-state index in [0.29, 0.717) is 0 Å². The Hall–Kier alpha value is -7.10. The molecule has 0 spiro atoms. The molecule has 0 aliphatic heterocycles. The predicted molar refractivity (Wildman–Crippen MR) is 222 cm³/mol. The number of hydrogen-bond donors (Lipinski definition) is 0. The molecule has 3 nitrogen and oxygen atoms in total. The second-order valence-corrected chi connectivity index (χ2v) is 13.7. The Kier molecular flexibility index (Phi) is 6.55. The number of hydrogen-bond acceptors (Lipinski definition) is 3. The second kappa shape index (κ2) is 11.7. The first-order valence-electron chi connectivity index (χ1n) is 18.0. The molecule has 0 aliphatic carbocycles. The highest BCUT2D eigenvalue weighted by Gasteiger charge is 2.23. The largest absolute Gasteiger partial charge is 0.455 e. The first kappa shape index (κ1) is 29.6. The third kappa shape index (κ3) is 4.75. The van der Waals surface area contributed by atoms with E-state index in [-0.39, 0.29) is 0 Å². The van der Waals surface area contributed by atoms with E-state index in [4.69, 9.17) is 8.83 Å². The van der Waals surface area contributed by atoms with Crippen LogP contribution in [0.25, 0.3) is 87.7 Å². The summed E-state index contributed by atoms with van der Waals surface area (Å²) in [7, 11) is 0. The summed E-state index contributed by atoms with van der Waals surface area (Å²) < 4.78 is 13.3. The highest BCUT2D eigenvalue weighted by Crippen LogP contribution is 2.47. The van der Waals surface area contributed by atoms with Crippen molar-refractivity contribution in [1.29, 1.82) is 0 Å². The van der Waals surface area contributed by atoms with E-state index < -0.39 is 0 Å². The minimum Gasteiger partial charge on any atom is -0.455 e. The monoisotopic (exact) mass is 677 g/mol. The van der Waals surface area contributed by atoms with E-state index in [1.807, 2.05) is 12.1 Å². The fraction of sp³-hybridized carbons (Fsp3) is 0. The van der Waals surface area contributed by atoms with Crippen molar-refractivity contribution in [1.82, 2.24) is 0 Å². The van der Waals surface area contributed by atoms with Crippen LogP contribution in [-0.2, 0) is 0 Å². The van der Waals surface area contributed by atoms with E-state index in [2.05, 4.69) is 181 Å². The third-order valence-corrected chi connectivity index (χ3v) is 10.6. The molecule has 0 aliphatic rings. The number of para-hydroxylation sites is 2. The summed E-state index contributed by atoms with van der Waals surface area (Å²) in [5.41, 5.74) is 11.2. The maximum atomic E-state index is 6.66. The summed E-state index contributed by atoms with van der Waals surface area (Å²) in [6.07, 6.45) is 0. The molecule has 0 amide bonds. The van der Waals surface area contributed by atoms with Gasteiger partial charge >= 0.3 is 0 Å². The number of rotatable bonds is 5. The van der Waals surface area contributed by atoms with Crippen molar-refractivity contribution < 1.29 is 8.83 Å². The van der Waals surface area contributed by atoms with Gasteiger partial charge in [0.2, 0.25) is 0 Å². The van der Waals surface area contributed by atoms with Crippen molar-refractivity contribution in [2.24, 2.45) is 0 Å². The van der Waals surface area contributed by atoms with E-state index in [1.165, 1.54) is 27.5 Å². The van der Waals surface area contributed by atoms with Gasteiger partial charge in [-0.2, -0.15) is 0 Å². The Bertz CT molecular complexity index is 3180. The standard InChI is InChI=1S/C50H31NO2/c1-2-12-35-31-38(23-22-32(35)10-1)37-14-7-13-36(30-37)33-24-27-39(28-25-33)51(45-19-8-17-42-41-16-5-6-20-46(41)52-50(42)45)44-18-9-21-47-48(44)43-29-26-34-11-3-4-15-40(34)49(43)53-47/h1-31H. The van der Waals surface area contributed by atoms with Gasteiger partial charge < -0.3 is 13.7 Å². The van der Waals surface area contributed by atoms with Crippen LogP contribution in [0.1, 0.15) is 0 Å². The lowest BCUT2D eigenvalue weighted by molar-refractivity contribution is 0.669. The van der Waals surface area contributed by atoms with Gasteiger partial charge in [-0.25, -0.2) is 0 Å². The molecular formula is C50H31NO2. The lowest BCUT2D eigenvalue weighted by Crippen LogP contribution is -2.10. The highest BCUT2D eigenvalue weighted by molar-refractivity contribution is 6.20. The Morgan fingerprint density at radius 3 is 1.81 bits per heavy atom. The lowest BCUT2D eigenvalue weighted by Gasteiger charge is -2.26.